The summed E-state index contributed by atoms with van der Waals surface area (Å²) in [6.07, 6.45) is 6.05. The fourth-order valence-corrected chi connectivity index (χ4v) is 1.78. The quantitative estimate of drug-likeness (QED) is 0.384. The molecule has 2 heteroatoms. The van der Waals surface area contributed by atoms with Crippen molar-refractivity contribution in [2.24, 2.45) is 0 Å². The van der Waals surface area contributed by atoms with E-state index in [-0.39, 0.29) is 10.8 Å². The van der Waals surface area contributed by atoms with Gasteiger partial charge < -0.3 is 0 Å². The topological polar surface area (TPSA) is 0 Å². The molecule has 0 radical (unpaired) electrons. The third kappa shape index (κ3) is 2.35. The van der Waals surface area contributed by atoms with E-state index in [1.165, 1.54) is 19.3 Å². The molecule has 0 unspecified atom stereocenters. The summed E-state index contributed by atoms with van der Waals surface area (Å²) < 4.78 is 0. The Hall–Kier alpha value is 0.580. The molecule has 0 spiro atoms. The Labute approximate surface area is 66.5 Å². The fourth-order valence-electron chi connectivity index (χ4n) is 1.22. The van der Waals surface area contributed by atoms with Gasteiger partial charge in [0.05, 0.1) is 0 Å². The minimum absolute atomic E-state index is 0.231. The van der Waals surface area contributed by atoms with Gasteiger partial charge in [0.2, 0.25) is 0 Å². The number of hydrogen-bond donors (Lipinski definition) is 0. The van der Waals surface area contributed by atoms with Gasteiger partial charge in [0.15, 0.2) is 0 Å². The van der Waals surface area contributed by atoms with Crippen LogP contribution in [-0.2, 0) is 0 Å². The first-order chi connectivity index (χ1) is 4.30. The molecular weight excluding hydrogens is 155 g/mol. The minimum atomic E-state index is 0.231. The van der Waals surface area contributed by atoms with Gasteiger partial charge in [0.1, 0.15) is 0 Å². The molecule has 0 aromatic rings. The zero-order valence-corrected chi connectivity index (χ0v) is 6.96. The molecule has 0 heterocycles. The van der Waals surface area contributed by atoms with Crippen LogP contribution in [0.25, 0.3) is 0 Å². The molecule has 1 rings (SSSR count). The highest BCUT2D eigenvalue weighted by Crippen LogP contribution is 2.25. The summed E-state index contributed by atoms with van der Waals surface area (Å²) >= 11 is 11.9. The first-order valence-corrected chi connectivity index (χ1v) is 4.46. The Bertz CT molecular complexity index is 73.0. The lowest BCUT2D eigenvalue weighted by Crippen LogP contribution is -2.11. The minimum Gasteiger partial charge on any atom is -0.121 e. The van der Waals surface area contributed by atoms with Gasteiger partial charge in [-0.1, -0.05) is 19.3 Å². The van der Waals surface area contributed by atoms with Gasteiger partial charge in [-0.15, -0.1) is 23.2 Å². The van der Waals surface area contributed by atoms with Gasteiger partial charge in [-0.2, -0.15) is 0 Å². The maximum Gasteiger partial charge on any atom is 0.0499 e. The standard InChI is InChI=1S/C7H12Cl2/c8-6-4-2-1-3-5-7(6)9/h6-7H,1-5H2/t6-,7+. The maximum absolute atomic E-state index is 5.94. The van der Waals surface area contributed by atoms with Gasteiger partial charge in [0, 0.05) is 10.8 Å². The highest BCUT2D eigenvalue weighted by molar-refractivity contribution is 6.29. The predicted molar refractivity (Wildman–Crippen MR) is 42.4 cm³/mol. The lowest BCUT2D eigenvalue weighted by molar-refractivity contribution is 0.703. The number of halogens is 2. The summed E-state index contributed by atoms with van der Waals surface area (Å²) in [6.45, 7) is 0. The van der Waals surface area contributed by atoms with Gasteiger partial charge >= 0.3 is 0 Å². The molecule has 0 aromatic heterocycles. The normalized spacial score (nSPS) is 38.0. The van der Waals surface area contributed by atoms with E-state index in [9.17, 15) is 0 Å². The van der Waals surface area contributed by atoms with Crippen molar-refractivity contribution in [3.05, 3.63) is 0 Å². The molecule has 0 bridgehead atoms. The molecule has 1 aliphatic rings. The zero-order chi connectivity index (χ0) is 6.69. The van der Waals surface area contributed by atoms with Crippen molar-refractivity contribution in [1.29, 1.82) is 0 Å². The fraction of sp³-hybridized carbons (Fsp3) is 1.00. The van der Waals surface area contributed by atoms with Crippen LogP contribution < -0.4 is 0 Å². The lowest BCUT2D eigenvalue weighted by atomic mass is 10.2. The Balaban J connectivity index is 2.32. The van der Waals surface area contributed by atoms with Gasteiger partial charge in [-0.3, -0.25) is 0 Å². The van der Waals surface area contributed by atoms with Crippen molar-refractivity contribution in [1.82, 2.24) is 0 Å². The number of rotatable bonds is 0. The second-order valence-electron chi connectivity index (χ2n) is 2.67. The van der Waals surface area contributed by atoms with E-state index in [1.54, 1.807) is 0 Å². The van der Waals surface area contributed by atoms with E-state index >= 15 is 0 Å². The third-order valence-corrected chi connectivity index (χ3v) is 3.03. The molecule has 54 valence electrons. The first-order valence-electron chi connectivity index (χ1n) is 3.59. The average Bonchev–Trinajstić information content (AvgIpc) is 1.99. The highest BCUT2D eigenvalue weighted by atomic mass is 35.5. The van der Waals surface area contributed by atoms with E-state index in [0.29, 0.717) is 0 Å². The second kappa shape index (κ2) is 3.68. The van der Waals surface area contributed by atoms with Crippen molar-refractivity contribution in [3.8, 4) is 0 Å². The van der Waals surface area contributed by atoms with E-state index in [1.807, 2.05) is 0 Å². The SMILES string of the molecule is Cl[C@@H]1CCCCC[C@@H]1Cl. The maximum atomic E-state index is 5.94. The number of alkyl halides is 2. The predicted octanol–water partition coefficient (Wildman–Crippen LogP) is 3.17. The van der Waals surface area contributed by atoms with Crippen molar-refractivity contribution >= 4 is 23.2 Å². The average molecular weight is 167 g/mol. The van der Waals surface area contributed by atoms with Crippen LogP contribution in [0.2, 0.25) is 0 Å². The van der Waals surface area contributed by atoms with Crippen LogP contribution in [0.4, 0.5) is 0 Å². The summed E-state index contributed by atoms with van der Waals surface area (Å²) in [6, 6.07) is 0. The molecule has 0 saturated heterocycles. The first kappa shape index (κ1) is 7.68. The van der Waals surface area contributed by atoms with E-state index in [2.05, 4.69) is 0 Å². The number of hydrogen-bond acceptors (Lipinski definition) is 0. The summed E-state index contributed by atoms with van der Waals surface area (Å²) in [7, 11) is 0. The third-order valence-electron chi connectivity index (χ3n) is 1.85. The molecular formula is C7H12Cl2. The summed E-state index contributed by atoms with van der Waals surface area (Å²) in [4.78, 5) is 0. The zero-order valence-electron chi connectivity index (χ0n) is 5.45. The van der Waals surface area contributed by atoms with Crippen LogP contribution in [-0.4, -0.2) is 10.8 Å². The van der Waals surface area contributed by atoms with Gasteiger partial charge in [-0.25, -0.2) is 0 Å². The lowest BCUT2D eigenvalue weighted by Gasteiger charge is -2.09. The van der Waals surface area contributed by atoms with Crippen LogP contribution in [0.3, 0.4) is 0 Å². The van der Waals surface area contributed by atoms with Crippen molar-refractivity contribution < 1.29 is 0 Å². The highest BCUT2D eigenvalue weighted by Gasteiger charge is 2.18. The smallest absolute Gasteiger partial charge is 0.0499 e. The summed E-state index contributed by atoms with van der Waals surface area (Å²) in [5.74, 6) is 0. The molecule has 1 saturated carbocycles. The monoisotopic (exact) mass is 166 g/mol. The molecule has 9 heavy (non-hydrogen) atoms. The van der Waals surface area contributed by atoms with Crippen LogP contribution in [0.5, 0.6) is 0 Å². The van der Waals surface area contributed by atoms with Crippen molar-refractivity contribution in [3.63, 3.8) is 0 Å². The molecule has 0 aliphatic heterocycles. The molecule has 0 nitrogen and oxygen atoms in total. The summed E-state index contributed by atoms with van der Waals surface area (Å²) in [5, 5.41) is 0.461. The van der Waals surface area contributed by atoms with Crippen molar-refractivity contribution in [2.75, 3.05) is 0 Å². The Morgan fingerprint density at radius 1 is 0.778 bits per heavy atom. The second-order valence-corrected chi connectivity index (χ2v) is 3.79. The van der Waals surface area contributed by atoms with Crippen LogP contribution >= 0.6 is 23.2 Å². The van der Waals surface area contributed by atoms with Gasteiger partial charge in [-0.05, 0) is 12.8 Å². The van der Waals surface area contributed by atoms with E-state index in [4.69, 9.17) is 23.2 Å². The largest absolute Gasteiger partial charge is 0.121 e. The van der Waals surface area contributed by atoms with Crippen LogP contribution in [0.15, 0.2) is 0 Å². The Kier molecular flexibility index (Phi) is 3.14. The van der Waals surface area contributed by atoms with Crippen LogP contribution in [0.1, 0.15) is 32.1 Å². The Morgan fingerprint density at radius 3 is 1.67 bits per heavy atom. The van der Waals surface area contributed by atoms with E-state index in [0.717, 1.165) is 12.8 Å². The van der Waals surface area contributed by atoms with Crippen molar-refractivity contribution in [2.45, 2.75) is 42.9 Å². The molecule has 0 aromatic carbocycles. The Morgan fingerprint density at radius 2 is 1.22 bits per heavy atom. The molecule has 1 aliphatic carbocycles. The van der Waals surface area contributed by atoms with E-state index < -0.39 is 0 Å². The summed E-state index contributed by atoms with van der Waals surface area (Å²) in [5.41, 5.74) is 0. The molecule has 1 fully saturated rings. The molecule has 2 atom stereocenters. The molecule has 0 amide bonds. The van der Waals surface area contributed by atoms with Crippen LogP contribution in [0, 0.1) is 0 Å². The molecule has 0 N–H and O–H groups in total. The van der Waals surface area contributed by atoms with Gasteiger partial charge in [0.25, 0.3) is 0 Å².